The molecule has 1 aromatic carbocycles. The Morgan fingerprint density at radius 1 is 1.33 bits per heavy atom. The van der Waals surface area contributed by atoms with E-state index in [1.165, 1.54) is 5.56 Å². The van der Waals surface area contributed by atoms with Gasteiger partial charge in [0.05, 0.1) is 6.10 Å². The van der Waals surface area contributed by atoms with Crippen molar-refractivity contribution in [3.8, 4) is 0 Å². The lowest BCUT2D eigenvalue weighted by molar-refractivity contribution is 0.0822. The van der Waals surface area contributed by atoms with Crippen molar-refractivity contribution >= 4 is 0 Å². The maximum Gasteiger partial charge on any atom is 0.0812 e. The minimum atomic E-state index is -0.401. The van der Waals surface area contributed by atoms with Gasteiger partial charge in [0, 0.05) is 19.6 Å². The van der Waals surface area contributed by atoms with Crippen molar-refractivity contribution in [2.24, 2.45) is 0 Å². The predicted molar refractivity (Wildman–Crippen MR) is 61.9 cm³/mol. The molecule has 0 aromatic heterocycles. The summed E-state index contributed by atoms with van der Waals surface area (Å²) in [4.78, 5) is 0. The highest BCUT2D eigenvalue weighted by molar-refractivity contribution is 5.23. The first-order valence-electron chi connectivity index (χ1n) is 5.56. The first-order valence-corrected chi connectivity index (χ1v) is 5.56. The fourth-order valence-corrected chi connectivity index (χ4v) is 1.49. The highest BCUT2D eigenvalue weighted by atomic mass is 16.5. The van der Waals surface area contributed by atoms with E-state index in [4.69, 9.17) is 4.74 Å². The highest BCUT2D eigenvalue weighted by Gasteiger charge is 2.06. The van der Waals surface area contributed by atoms with Crippen molar-refractivity contribution in [1.29, 1.82) is 0 Å². The van der Waals surface area contributed by atoms with Crippen molar-refractivity contribution in [1.82, 2.24) is 0 Å². The number of aryl methyl sites for hydroxylation is 1. The number of aliphatic hydroxyl groups is 1. The second kappa shape index (κ2) is 6.59. The first-order chi connectivity index (χ1) is 7.24. The first kappa shape index (κ1) is 12.2. The normalized spacial score (nSPS) is 12.7. The molecule has 0 aliphatic heterocycles. The summed E-state index contributed by atoms with van der Waals surface area (Å²) in [6.45, 7) is 5.52. The number of aliphatic hydroxyl groups excluding tert-OH is 1. The van der Waals surface area contributed by atoms with Gasteiger partial charge >= 0.3 is 0 Å². The molecule has 0 bridgehead atoms. The lowest BCUT2D eigenvalue weighted by Gasteiger charge is -2.11. The van der Waals surface area contributed by atoms with Crippen LogP contribution in [0.4, 0.5) is 0 Å². The van der Waals surface area contributed by atoms with Crippen LogP contribution in [0.2, 0.25) is 0 Å². The van der Waals surface area contributed by atoms with Gasteiger partial charge in [0.15, 0.2) is 0 Å². The van der Waals surface area contributed by atoms with Crippen LogP contribution in [0.5, 0.6) is 0 Å². The molecule has 2 heteroatoms. The van der Waals surface area contributed by atoms with Crippen LogP contribution in [-0.4, -0.2) is 18.3 Å². The number of benzene rings is 1. The Kier molecular flexibility index (Phi) is 5.37. The Bertz CT molecular complexity index is 284. The van der Waals surface area contributed by atoms with E-state index in [-0.39, 0.29) is 0 Å². The van der Waals surface area contributed by atoms with Crippen LogP contribution in [-0.2, 0) is 4.74 Å². The van der Waals surface area contributed by atoms with Crippen molar-refractivity contribution in [3.63, 3.8) is 0 Å². The monoisotopic (exact) mass is 208 g/mol. The SMILES string of the molecule is CCCOCCC(O)c1cccc(C)c1. The molecule has 1 aromatic rings. The molecule has 0 fully saturated rings. The van der Waals surface area contributed by atoms with Gasteiger partial charge < -0.3 is 9.84 Å². The van der Waals surface area contributed by atoms with Crippen LogP contribution in [0, 0.1) is 6.92 Å². The van der Waals surface area contributed by atoms with Gasteiger partial charge in [-0.1, -0.05) is 36.8 Å². The van der Waals surface area contributed by atoms with E-state index in [2.05, 4.69) is 6.92 Å². The zero-order valence-corrected chi connectivity index (χ0v) is 9.57. The quantitative estimate of drug-likeness (QED) is 0.728. The van der Waals surface area contributed by atoms with E-state index in [0.717, 1.165) is 18.6 Å². The Hall–Kier alpha value is -0.860. The molecule has 2 nitrogen and oxygen atoms in total. The molecule has 0 saturated heterocycles. The van der Waals surface area contributed by atoms with Crippen LogP contribution >= 0.6 is 0 Å². The molecule has 0 saturated carbocycles. The molecule has 0 aliphatic carbocycles. The standard InChI is InChI=1S/C13H20O2/c1-3-8-15-9-7-13(14)12-6-4-5-11(2)10-12/h4-6,10,13-14H,3,7-9H2,1-2H3. The molecule has 0 heterocycles. The number of hydrogen-bond donors (Lipinski definition) is 1. The minimum Gasteiger partial charge on any atom is -0.388 e. The summed E-state index contributed by atoms with van der Waals surface area (Å²) in [5.41, 5.74) is 2.16. The van der Waals surface area contributed by atoms with Crippen molar-refractivity contribution in [2.45, 2.75) is 32.8 Å². The average molecular weight is 208 g/mol. The minimum absolute atomic E-state index is 0.401. The van der Waals surface area contributed by atoms with Gasteiger partial charge in [0.1, 0.15) is 0 Å². The van der Waals surface area contributed by atoms with Crippen LogP contribution in [0.15, 0.2) is 24.3 Å². The summed E-state index contributed by atoms with van der Waals surface area (Å²) in [6, 6.07) is 7.98. The fraction of sp³-hybridized carbons (Fsp3) is 0.538. The number of hydrogen-bond acceptors (Lipinski definition) is 2. The van der Waals surface area contributed by atoms with Gasteiger partial charge in [-0.05, 0) is 18.9 Å². The second-order valence-electron chi connectivity index (χ2n) is 3.83. The maximum atomic E-state index is 9.86. The third kappa shape index (κ3) is 4.45. The summed E-state index contributed by atoms with van der Waals surface area (Å²) in [7, 11) is 0. The topological polar surface area (TPSA) is 29.5 Å². The largest absolute Gasteiger partial charge is 0.388 e. The molecule has 1 unspecified atom stereocenters. The van der Waals surface area contributed by atoms with Gasteiger partial charge in [-0.3, -0.25) is 0 Å². The highest BCUT2D eigenvalue weighted by Crippen LogP contribution is 2.17. The molecule has 1 rings (SSSR count). The van der Waals surface area contributed by atoms with E-state index >= 15 is 0 Å². The summed E-state index contributed by atoms with van der Waals surface area (Å²) in [5.74, 6) is 0. The van der Waals surface area contributed by atoms with Gasteiger partial charge in [0.2, 0.25) is 0 Å². The molecule has 0 amide bonds. The molecular weight excluding hydrogens is 188 g/mol. The smallest absolute Gasteiger partial charge is 0.0812 e. The molecule has 15 heavy (non-hydrogen) atoms. The zero-order chi connectivity index (χ0) is 11.1. The Balaban J connectivity index is 2.36. The van der Waals surface area contributed by atoms with Crippen LogP contribution in [0.25, 0.3) is 0 Å². The Morgan fingerprint density at radius 3 is 2.80 bits per heavy atom. The Morgan fingerprint density at radius 2 is 2.13 bits per heavy atom. The molecule has 0 aliphatic rings. The summed E-state index contributed by atoms with van der Waals surface area (Å²) >= 11 is 0. The number of ether oxygens (including phenoxy) is 1. The average Bonchev–Trinajstić information content (AvgIpc) is 2.24. The third-order valence-electron chi connectivity index (χ3n) is 2.31. The maximum absolute atomic E-state index is 9.86. The van der Waals surface area contributed by atoms with Crippen molar-refractivity contribution in [3.05, 3.63) is 35.4 Å². The molecule has 1 N–H and O–H groups in total. The number of rotatable bonds is 6. The van der Waals surface area contributed by atoms with E-state index in [1.807, 2.05) is 31.2 Å². The van der Waals surface area contributed by atoms with Gasteiger partial charge in [-0.15, -0.1) is 0 Å². The summed E-state index contributed by atoms with van der Waals surface area (Å²) in [5, 5.41) is 9.86. The lowest BCUT2D eigenvalue weighted by atomic mass is 10.0. The fourth-order valence-electron chi connectivity index (χ4n) is 1.49. The Labute approximate surface area is 91.9 Å². The third-order valence-corrected chi connectivity index (χ3v) is 2.31. The van der Waals surface area contributed by atoms with Crippen LogP contribution < -0.4 is 0 Å². The zero-order valence-electron chi connectivity index (χ0n) is 9.57. The summed E-state index contributed by atoms with van der Waals surface area (Å²) in [6.07, 6.45) is 1.30. The van der Waals surface area contributed by atoms with Gasteiger partial charge in [-0.25, -0.2) is 0 Å². The van der Waals surface area contributed by atoms with Gasteiger partial charge in [-0.2, -0.15) is 0 Å². The van der Waals surface area contributed by atoms with Gasteiger partial charge in [0.25, 0.3) is 0 Å². The van der Waals surface area contributed by atoms with E-state index < -0.39 is 6.10 Å². The van der Waals surface area contributed by atoms with Crippen molar-refractivity contribution < 1.29 is 9.84 Å². The molecule has 0 spiro atoms. The van der Waals surface area contributed by atoms with Crippen molar-refractivity contribution in [2.75, 3.05) is 13.2 Å². The lowest BCUT2D eigenvalue weighted by Crippen LogP contribution is -2.04. The van der Waals surface area contributed by atoms with Crippen LogP contribution in [0.3, 0.4) is 0 Å². The second-order valence-corrected chi connectivity index (χ2v) is 3.83. The predicted octanol–water partition coefficient (Wildman–Crippen LogP) is 2.85. The molecule has 0 radical (unpaired) electrons. The molecule has 84 valence electrons. The van der Waals surface area contributed by atoms with E-state index in [1.54, 1.807) is 0 Å². The molecular formula is C13H20O2. The molecule has 1 atom stereocenters. The van der Waals surface area contributed by atoms with E-state index in [0.29, 0.717) is 13.0 Å². The van der Waals surface area contributed by atoms with E-state index in [9.17, 15) is 5.11 Å². The summed E-state index contributed by atoms with van der Waals surface area (Å²) < 4.78 is 5.35. The van der Waals surface area contributed by atoms with Crippen LogP contribution in [0.1, 0.15) is 37.0 Å².